The van der Waals surface area contributed by atoms with Crippen LogP contribution in [0.3, 0.4) is 0 Å². The number of fused-ring (bicyclic) bond motifs is 1. The number of aromatic amines is 1. The molecule has 11 heteroatoms. The Kier molecular flexibility index (Phi) is 8.45. The molecule has 1 unspecified atom stereocenters. The molecule has 1 aromatic carbocycles. The number of H-pyrrole nitrogens is 1. The lowest BCUT2D eigenvalue weighted by Crippen LogP contribution is -2.44. The van der Waals surface area contributed by atoms with Crippen LogP contribution in [0.15, 0.2) is 36.7 Å². The molecule has 5 rings (SSSR count). The number of anilines is 3. The van der Waals surface area contributed by atoms with Crippen molar-refractivity contribution in [3.63, 3.8) is 0 Å². The molecule has 10 nitrogen and oxygen atoms in total. The number of aliphatic hydroxyl groups is 1. The summed E-state index contributed by atoms with van der Waals surface area (Å²) in [5.41, 5.74) is 2.15. The predicted octanol–water partition coefficient (Wildman–Crippen LogP) is 3.83. The van der Waals surface area contributed by atoms with Gasteiger partial charge in [-0.15, -0.1) is 0 Å². The van der Waals surface area contributed by atoms with Crippen LogP contribution in [0.1, 0.15) is 57.8 Å². The fourth-order valence-corrected chi connectivity index (χ4v) is 6.70. The third kappa shape index (κ3) is 6.44. The van der Waals surface area contributed by atoms with Crippen molar-refractivity contribution in [2.24, 2.45) is 0 Å². The Morgan fingerprint density at radius 1 is 1.00 bits per heavy atom. The molecule has 3 aromatic rings. The van der Waals surface area contributed by atoms with Gasteiger partial charge in [0.15, 0.2) is 5.65 Å². The van der Waals surface area contributed by atoms with Crippen LogP contribution < -0.4 is 9.21 Å². The van der Waals surface area contributed by atoms with Crippen LogP contribution in [0.4, 0.5) is 17.3 Å². The number of nitrogens with one attached hydrogen (secondary N) is 1. The highest BCUT2D eigenvalue weighted by Gasteiger charge is 2.27. The van der Waals surface area contributed by atoms with Gasteiger partial charge < -0.3 is 14.9 Å². The zero-order valence-corrected chi connectivity index (χ0v) is 23.0. The monoisotopic (exact) mass is 541 g/mol. The first-order valence-electron chi connectivity index (χ1n) is 13.8. The number of sulfonamides is 1. The topological polar surface area (TPSA) is 119 Å². The highest BCUT2D eigenvalue weighted by Crippen LogP contribution is 2.33. The van der Waals surface area contributed by atoms with E-state index in [1.165, 1.54) is 29.8 Å². The Labute approximate surface area is 225 Å². The van der Waals surface area contributed by atoms with Crippen LogP contribution >= 0.6 is 0 Å². The quantitative estimate of drug-likeness (QED) is 0.393. The SMILES string of the molecule is CS(=O)(=O)N(CC(O)CN1CCCCC1)c1ccc(N(c2ncc3cn[nH]c3n2)C2CCCCCC2)cc1. The van der Waals surface area contributed by atoms with Gasteiger partial charge in [0.2, 0.25) is 16.0 Å². The van der Waals surface area contributed by atoms with Crippen molar-refractivity contribution in [3.8, 4) is 0 Å². The van der Waals surface area contributed by atoms with Gasteiger partial charge in [-0.3, -0.25) is 9.40 Å². The van der Waals surface area contributed by atoms with Crippen molar-refractivity contribution in [3.05, 3.63) is 36.7 Å². The van der Waals surface area contributed by atoms with Gasteiger partial charge in [0.25, 0.3) is 0 Å². The Morgan fingerprint density at radius 2 is 1.66 bits per heavy atom. The standard InChI is InChI=1S/C27H39N7O3S/c1-38(36,37)33(20-25(35)19-32-15-7-4-8-16-32)22-11-13-24(14-12-22)34(23-9-5-2-3-6-10-23)27-28-17-21-18-29-31-26(21)30-27/h11-14,17-18,23,25,35H,2-10,15-16,19-20H2,1H3,(H,28,29,30,31). The molecule has 2 N–H and O–H groups in total. The number of hydrogen-bond donors (Lipinski definition) is 2. The molecule has 2 fully saturated rings. The largest absolute Gasteiger partial charge is 0.390 e. The van der Waals surface area contributed by atoms with E-state index in [-0.39, 0.29) is 12.6 Å². The maximum absolute atomic E-state index is 12.7. The Balaban J connectivity index is 1.40. The second-order valence-electron chi connectivity index (χ2n) is 10.7. The summed E-state index contributed by atoms with van der Waals surface area (Å²) in [6, 6.07) is 7.78. The molecule has 1 saturated heterocycles. The summed E-state index contributed by atoms with van der Waals surface area (Å²) in [5, 5.41) is 18.7. The highest BCUT2D eigenvalue weighted by molar-refractivity contribution is 7.92. The summed E-state index contributed by atoms with van der Waals surface area (Å²) in [6.45, 7) is 2.41. The molecular formula is C27H39N7O3S. The Bertz CT molecular complexity index is 1280. The van der Waals surface area contributed by atoms with Crippen molar-refractivity contribution in [2.45, 2.75) is 69.9 Å². The average molecular weight is 542 g/mol. The van der Waals surface area contributed by atoms with Gasteiger partial charge in [-0.25, -0.2) is 13.4 Å². The Hall–Kier alpha value is -2.76. The van der Waals surface area contributed by atoms with E-state index < -0.39 is 16.1 Å². The van der Waals surface area contributed by atoms with Crippen LogP contribution in [0.5, 0.6) is 0 Å². The third-order valence-corrected chi connectivity index (χ3v) is 8.85. The van der Waals surface area contributed by atoms with Gasteiger partial charge in [0, 0.05) is 24.5 Å². The van der Waals surface area contributed by atoms with Gasteiger partial charge >= 0.3 is 0 Å². The minimum Gasteiger partial charge on any atom is -0.390 e. The lowest BCUT2D eigenvalue weighted by atomic mass is 10.1. The molecule has 206 valence electrons. The smallest absolute Gasteiger partial charge is 0.232 e. The minimum atomic E-state index is -3.58. The first kappa shape index (κ1) is 26.8. The summed E-state index contributed by atoms with van der Waals surface area (Å²) in [4.78, 5) is 13.8. The minimum absolute atomic E-state index is 0.0284. The molecule has 38 heavy (non-hydrogen) atoms. The van der Waals surface area contributed by atoms with Crippen molar-refractivity contribution in [2.75, 3.05) is 41.6 Å². The van der Waals surface area contributed by atoms with Crippen LogP contribution in [-0.4, -0.2) is 83.2 Å². The van der Waals surface area contributed by atoms with Gasteiger partial charge in [-0.1, -0.05) is 32.1 Å². The molecule has 1 aliphatic heterocycles. The average Bonchev–Trinajstić information content (AvgIpc) is 3.22. The van der Waals surface area contributed by atoms with Crippen molar-refractivity contribution < 1.29 is 13.5 Å². The molecule has 1 atom stereocenters. The molecule has 3 heterocycles. The predicted molar refractivity (Wildman–Crippen MR) is 150 cm³/mol. The summed E-state index contributed by atoms with van der Waals surface area (Å²) in [5.74, 6) is 0.610. The zero-order chi connectivity index (χ0) is 26.5. The summed E-state index contributed by atoms with van der Waals surface area (Å²) < 4.78 is 26.8. The number of benzene rings is 1. The third-order valence-electron chi connectivity index (χ3n) is 7.69. The number of nitrogens with zero attached hydrogens (tertiary/aromatic N) is 6. The maximum atomic E-state index is 12.7. The van der Waals surface area contributed by atoms with Crippen LogP contribution in [0.2, 0.25) is 0 Å². The molecular weight excluding hydrogens is 502 g/mol. The number of aliphatic hydroxyl groups excluding tert-OH is 1. The van der Waals surface area contributed by atoms with Crippen molar-refractivity contribution >= 4 is 38.4 Å². The van der Waals surface area contributed by atoms with Gasteiger partial charge in [-0.05, 0) is 63.0 Å². The van der Waals surface area contributed by atoms with Crippen molar-refractivity contribution in [1.82, 2.24) is 25.1 Å². The first-order chi connectivity index (χ1) is 18.4. The molecule has 2 aliphatic rings. The number of hydrogen-bond acceptors (Lipinski definition) is 8. The lowest BCUT2D eigenvalue weighted by Gasteiger charge is -2.33. The number of rotatable bonds is 9. The molecule has 0 spiro atoms. The molecule has 1 aliphatic carbocycles. The van der Waals surface area contributed by atoms with E-state index in [0.717, 1.165) is 62.7 Å². The molecule has 1 saturated carbocycles. The number of β-amino-alcohol motifs (C(OH)–C–C–N with tert-alkyl or cyclic N) is 1. The van der Waals surface area contributed by atoms with Crippen LogP contribution in [0.25, 0.3) is 11.0 Å². The van der Waals surface area contributed by atoms with E-state index in [1.807, 2.05) is 24.3 Å². The Morgan fingerprint density at radius 3 is 2.34 bits per heavy atom. The van der Waals surface area contributed by atoms with E-state index in [0.29, 0.717) is 23.8 Å². The van der Waals surface area contributed by atoms with Crippen LogP contribution in [-0.2, 0) is 10.0 Å². The summed E-state index contributed by atoms with van der Waals surface area (Å²) >= 11 is 0. The lowest BCUT2D eigenvalue weighted by molar-refractivity contribution is 0.107. The van der Waals surface area contributed by atoms with E-state index in [2.05, 4.69) is 25.0 Å². The van der Waals surface area contributed by atoms with E-state index in [4.69, 9.17) is 4.98 Å². The second-order valence-corrected chi connectivity index (χ2v) is 12.6. The number of aromatic nitrogens is 4. The van der Waals surface area contributed by atoms with Gasteiger partial charge in [0.1, 0.15) is 0 Å². The summed E-state index contributed by atoms with van der Waals surface area (Å²) in [6.07, 6.45) is 14.2. The fourth-order valence-electron chi connectivity index (χ4n) is 5.75. The number of piperidine rings is 1. The first-order valence-corrected chi connectivity index (χ1v) is 15.7. The van der Waals surface area contributed by atoms with E-state index in [1.54, 1.807) is 12.4 Å². The fraction of sp³-hybridized carbons (Fsp3) is 0.593. The van der Waals surface area contributed by atoms with Gasteiger partial charge in [0.05, 0.1) is 36.2 Å². The van der Waals surface area contributed by atoms with Crippen LogP contribution in [0, 0.1) is 0 Å². The van der Waals surface area contributed by atoms with E-state index >= 15 is 0 Å². The molecule has 0 bridgehead atoms. The van der Waals surface area contributed by atoms with Gasteiger partial charge in [-0.2, -0.15) is 10.1 Å². The molecule has 0 amide bonds. The number of likely N-dealkylation sites (tertiary alicyclic amines) is 1. The molecule has 2 aromatic heterocycles. The van der Waals surface area contributed by atoms with Crippen molar-refractivity contribution in [1.29, 1.82) is 0 Å². The van der Waals surface area contributed by atoms with E-state index in [9.17, 15) is 13.5 Å². The second kappa shape index (κ2) is 12.0. The normalized spacial score (nSPS) is 18.8. The maximum Gasteiger partial charge on any atom is 0.232 e. The zero-order valence-electron chi connectivity index (χ0n) is 22.2. The molecule has 0 radical (unpaired) electrons. The summed E-state index contributed by atoms with van der Waals surface area (Å²) in [7, 11) is -3.58. The highest BCUT2D eigenvalue weighted by atomic mass is 32.2.